The molecule has 0 spiro atoms. The Balaban J connectivity index is 3.46. The van der Waals surface area contributed by atoms with Crippen molar-refractivity contribution in [3.05, 3.63) is 0 Å². The Bertz CT molecular complexity index is 230. The van der Waals surface area contributed by atoms with Crippen LogP contribution in [0.3, 0.4) is 0 Å². The lowest BCUT2D eigenvalue weighted by Gasteiger charge is -2.11. The molecule has 17 heavy (non-hydrogen) atoms. The van der Waals surface area contributed by atoms with Crippen molar-refractivity contribution in [2.45, 2.75) is 65.2 Å². The topological polar surface area (TPSA) is 18.5 Å². The summed E-state index contributed by atoms with van der Waals surface area (Å²) in [5.74, 6) is 0. The van der Waals surface area contributed by atoms with Gasteiger partial charge in [0.05, 0.1) is 13.2 Å². The molecule has 2 nitrogen and oxygen atoms in total. The fourth-order valence-electron chi connectivity index (χ4n) is 1.41. The van der Waals surface area contributed by atoms with Gasteiger partial charge in [0.2, 0.25) is 0 Å². The zero-order valence-corrected chi connectivity index (χ0v) is 13.6. The van der Waals surface area contributed by atoms with Crippen LogP contribution in [0.15, 0.2) is 0 Å². The van der Waals surface area contributed by atoms with Crippen molar-refractivity contribution < 1.29 is 8.37 Å². The van der Waals surface area contributed by atoms with Gasteiger partial charge in [0.1, 0.15) is 7.71 Å². The largest absolute Gasteiger partial charge is 0.290 e. The van der Waals surface area contributed by atoms with Crippen LogP contribution < -0.4 is 0 Å². The fraction of sp³-hybridized carbons (Fsp3) is 1.00. The van der Waals surface area contributed by atoms with Crippen LogP contribution in [0.25, 0.3) is 0 Å². The molecule has 0 aliphatic carbocycles. The molecule has 0 unspecified atom stereocenters. The molecule has 0 aliphatic heterocycles. The number of hydrogen-bond donors (Lipinski definition) is 0. The van der Waals surface area contributed by atoms with E-state index >= 15 is 0 Å². The van der Waals surface area contributed by atoms with E-state index in [0.29, 0.717) is 13.2 Å². The van der Waals surface area contributed by atoms with Gasteiger partial charge < -0.3 is 0 Å². The molecule has 0 N–H and O–H groups in total. The van der Waals surface area contributed by atoms with Crippen LogP contribution in [0, 0.1) is 0 Å². The van der Waals surface area contributed by atoms with Crippen molar-refractivity contribution in [3.63, 3.8) is 0 Å². The Hall–Kier alpha value is 0.710. The molecule has 0 heterocycles. The van der Waals surface area contributed by atoms with E-state index in [2.05, 4.69) is 13.8 Å². The van der Waals surface area contributed by atoms with Crippen LogP contribution in [0.4, 0.5) is 0 Å². The van der Waals surface area contributed by atoms with Crippen molar-refractivity contribution in [1.82, 2.24) is 0 Å². The van der Waals surface area contributed by atoms with Crippen LogP contribution in [0.2, 0.25) is 0 Å². The van der Waals surface area contributed by atoms with E-state index in [1.54, 1.807) is 0 Å². The molecule has 0 saturated heterocycles. The summed E-state index contributed by atoms with van der Waals surface area (Å²) in [5.41, 5.74) is 0. The monoisotopic (exact) mass is 298 g/mol. The summed E-state index contributed by atoms with van der Waals surface area (Å²) in [5, 5.41) is 0. The first-order valence-corrected chi connectivity index (χ1v) is 9.99. The quantitative estimate of drug-likeness (QED) is 0.505. The van der Waals surface area contributed by atoms with Gasteiger partial charge in [-0.2, -0.15) is 0 Å². The SMILES string of the molecule is CCCCCCOS(=S)(=S)OCCCCCC. The van der Waals surface area contributed by atoms with Crippen molar-refractivity contribution >= 4 is 30.1 Å². The predicted molar refractivity (Wildman–Crippen MR) is 82.3 cm³/mol. The average Bonchev–Trinajstić information content (AvgIpc) is 2.28. The Labute approximate surface area is 117 Å². The second-order valence-corrected chi connectivity index (χ2v) is 8.73. The molecule has 0 bridgehead atoms. The highest BCUT2D eigenvalue weighted by molar-refractivity contribution is 8.51. The highest BCUT2D eigenvalue weighted by atomic mass is 33.1. The lowest BCUT2D eigenvalue weighted by atomic mass is 10.2. The average molecular weight is 299 g/mol. The Morgan fingerprint density at radius 2 is 1.12 bits per heavy atom. The number of hydrogen-bond acceptors (Lipinski definition) is 4. The third kappa shape index (κ3) is 12.9. The maximum Gasteiger partial charge on any atom is 0.137 e. The maximum atomic E-state index is 5.47. The van der Waals surface area contributed by atoms with Crippen molar-refractivity contribution in [2.24, 2.45) is 0 Å². The summed E-state index contributed by atoms with van der Waals surface area (Å²) in [6.45, 7) is 5.68. The molecule has 104 valence electrons. The molecular formula is C12H26O2S3. The van der Waals surface area contributed by atoms with E-state index in [9.17, 15) is 0 Å². The molecule has 0 rings (SSSR count). The summed E-state index contributed by atoms with van der Waals surface area (Å²) in [7, 11) is -2.09. The summed E-state index contributed by atoms with van der Waals surface area (Å²) >= 11 is 10.3. The van der Waals surface area contributed by atoms with Crippen LogP contribution >= 0.6 is 0 Å². The van der Waals surface area contributed by atoms with Gasteiger partial charge in [0, 0.05) is 22.4 Å². The minimum absolute atomic E-state index is 0.650. The highest BCUT2D eigenvalue weighted by Gasteiger charge is 2.02. The summed E-state index contributed by atoms with van der Waals surface area (Å²) in [4.78, 5) is 0. The van der Waals surface area contributed by atoms with Crippen LogP contribution in [0.5, 0.6) is 0 Å². The van der Waals surface area contributed by atoms with E-state index in [1.807, 2.05) is 0 Å². The molecular weight excluding hydrogens is 272 g/mol. The Kier molecular flexibility index (Phi) is 12.3. The summed E-state index contributed by atoms with van der Waals surface area (Å²) in [6.07, 6.45) is 9.41. The zero-order valence-electron chi connectivity index (χ0n) is 11.1. The molecule has 0 aromatic carbocycles. The molecule has 0 radical (unpaired) electrons. The third-order valence-electron chi connectivity index (χ3n) is 2.45. The van der Waals surface area contributed by atoms with E-state index in [0.717, 1.165) is 12.8 Å². The second kappa shape index (κ2) is 11.8. The van der Waals surface area contributed by atoms with E-state index in [4.69, 9.17) is 30.7 Å². The molecule has 0 aromatic heterocycles. The smallest absolute Gasteiger partial charge is 0.137 e. The van der Waals surface area contributed by atoms with Crippen LogP contribution in [-0.2, 0) is 38.5 Å². The summed E-state index contributed by atoms with van der Waals surface area (Å²) in [6, 6.07) is 0. The standard InChI is InChI=1S/C12H26O2S3/c1-3-5-7-9-11-13-17(15,16)14-12-10-8-6-4-2/h3-12H2,1-2H3. The lowest BCUT2D eigenvalue weighted by molar-refractivity contribution is 0.265. The molecule has 0 amide bonds. The van der Waals surface area contributed by atoms with E-state index in [1.165, 1.54) is 38.5 Å². The van der Waals surface area contributed by atoms with Crippen molar-refractivity contribution in [1.29, 1.82) is 0 Å². The highest BCUT2D eigenvalue weighted by Crippen LogP contribution is 2.06. The van der Waals surface area contributed by atoms with Crippen molar-refractivity contribution in [3.8, 4) is 0 Å². The lowest BCUT2D eigenvalue weighted by Crippen LogP contribution is -2.09. The van der Waals surface area contributed by atoms with Crippen molar-refractivity contribution in [2.75, 3.05) is 13.2 Å². The second-order valence-electron chi connectivity index (χ2n) is 4.17. The fourth-order valence-corrected chi connectivity index (χ4v) is 2.94. The number of rotatable bonds is 12. The molecule has 0 atom stereocenters. The molecule has 5 heteroatoms. The van der Waals surface area contributed by atoms with Crippen LogP contribution in [0.1, 0.15) is 65.2 Å². The van der Waals surface area contributed by atoms with Gasteiger partial charge in [-0.05, 0) is 12.8 Å². The third-order valence-corrected chi connectivity index (χ3v) is 4.52. The molecule has 0 saturated carbocycles. The molecule has 0 aromatic rings. The van der Waals surface area contributed by atoms with Crippen LogP contribution in [-0.4, -0.2) is 13.2 Å². The van der Waals surface area contributed by atoms with Gasteiger partial charge in [-0.25, -0.2) is 0 Å². The van der Waals surface area contributed by atoms with Gasteiger partial charge in [-0.3, -0.25) is 8.37 Å². The minimum Gasteiger partial charge on any atom is -0.290 e. The van der Waals surface area contributed by atoms with Gasteiger partial charge in [-0.15, -0.1) is 0 Å². The molecule has 0 aliphatic rings. The Morgan fingerprint density at radius 1 is 0.706 bits per heavy atom. The minimum atomic E-state index is -2.09. The maximum absolute atomic E-state index is 5.47. The molecule has 0 fully saturated rings. The van der Waals surface area contributed by atoms with E-state index < -0.39 is 7.71 Å². The first-order valence-electron chi connectivity index (χ1n) is 6.66. The zero-order chi connectivity index (χ0) is 13.0. The first-order chi connectivity index (χ1) is 8.12. The van der Waals surface area contributed by atoms with Gasteiger partial charge >= 0.3 is 0 Å². The number of unbranched alkanes of at least 4 members (excludes halogenated alkanes) is 6. The normalized spacial score (nSPS) is 11.9. The first kappa shape index (κ1) is 17.7. The Morgan fingerprint density at radius 3 is 1.47 bits per heavy atom. The van der Waals surface area contributed by atoms with Gasteiger partial charge in [-0.1, -0.05) is 52.4 Å². The predicted octanol–water partition coefficient (Wildman–Crippen LogP) is 4.09. The van der Waals surface area contributed by atoms with Gasteiger partial charge in [0.15, 0.2) is 0 Å². The van der Waals surface area contributed by atoms with Gasteiger partial charge in [0.25, 0.3) is 0 Å². The summed E-state index contributed by atoms with van der Waals surface area (Å²) < 4.78 is 10.9. The van der Waals surface area contributed by atoms with E-state index in [-0.39, 0.29) is 0 Å².